The molecule has 1 aliphatic heterocycles. The minimum Gasteiger partial charge on any atom is -0.304 e. The van der Waals surface area contributed by atoms with Crippen LogP contribution in [0, 0.1) is 6.92 Å². The van der Waals surface area contributed by atoms with E-state index in [4.69, 9.17) is 0 Å². The summed E-state index contributed by atoms with van der Waals surface area (Å²) >= 11 is 3.98. The third-order valence-electron chi connectivity index (χ3n) is 1.64. The number of hydrogen-bond donors (Lipinski definition) is 1. The number of aryl methyl sites for hydroxylation is 1. The zero-order valence-electron chi connectivity index (χ0n) is 8.80. The average Bonchev–Trinajstić information content (AvgIpc) is 2.85. The second-order valence-electron chi connectivity index (χ2n) is 3.02. The van der Waals surface area contributed by atoms with Crippen molar-refractivity contribution < 1.29 is 9.59 Å². The fourth-order valence-electron chi connectivity index (χ4n) is 0.991. The molecule has 17 heavy (non-hydrogen) atoms. The van der Waals surface area contributed by atoms with Gasteiger partial charge in [0.2, 0.25) is 5.91 Å². The van der Waals surface area contributed by atoms with E-state index < -0.39 is 0 Å². The van der Waals surface area contributed by atoms with Crippen LogP contribution in [-0.2, 0) is 9.59 Å². The van der Waals surface area contributed by atoms with Gasteiger partial charge in [-0.15, -0.1) is 10.2 Å². The van der Waals surface area contributed by atoms with E-state index in [1.165, 1.54) is 34.9 Å². The van der Waals surface area contributed by atoms with Gasteiger partial charge in [0.25, 0.3) is 5.91 Å². The Balaban J connectivity index is 1.83. The Morgan fingerprint density at radius 1 is 1.59 bits per heavy atom. The van der Waals surface area contributed by atoms with Crippen LogP contribution in [0.15, 0.2) is 9.33 Å². The predicted octanol–water partition coefficient (Wildman–Crippen LogP) is 0.684. The monoisotopic (exact) mass is 288 g/mol. The number of hydrogen-bond acceptors (Lipinski definition) is 7. The molecule has 0 aliphatic carbocycles. The second-order valence-corrected chi connectivity index (χ2v) is 6.39. The highest BCUT2D eigenvalue weighted by Gasteiger charge is 2.17. The molecule has 1 aromatic rings. The zero-order chi connectivity index (χ0) is 12.3. The Kier molecular flexibility index (Phi) is 4.13. The molecule has 0 radical (unpaired) electrons. The van der Waals surface area contributed by atoms with Gasteiger partial charge in [0.05, 0.1) is 11.5 Å². The van der Waals surface area contributed by atoms with Crippen molar-refractivity contribution in [1.29, 1.82) is 0 Å². The van der Waals surface area contributed by atoms with Gasteiger partial charge >= 0.3 is 0 Å². The first-order valence-electron chi connectivity index (χ1n) is 4.60. The molecule has 0 unspecified atom stereocenters. The maximum Gasteiger partial charge on any atom is 0.258 e. The first-order chi connectivity index (χ1) is 8.13. The van der Waals surface area contributed by atoms with Crippen LogP contribution in [0.4, 0.5) is 0 Å². The lowest BCUT2D eigenvalue weighted by molar-refractivity contribution is -0.116. The molecule has 1 fully saturated rings. The summed E-state index contributed by atoms with van der Waals surface area (Å²) in [6.45, 7) is 1.86. The number of amides is 2. The van der Waals surface area contributed by atoms with Crippen molar-refractivity contribution in [2.45, 2.75) is 11.3 Å². The molecule has 0 bridgehead atoms. The molecule has 0 aromatic carbocycles. The molecule has 0 saturated carbocycles. The van der Waals surface area contributed by atoms with E-state index >= 15 is 0 Å². The molecule has 2 amide bonds. The van der Waals surface area contributed by atoms with Crippen LogP contribution >= 0.6 is 34.9 Å². The third kappa shape index (κ3) is 3.79. The zero-order valence-corrected chi connectivity index (χ0v) is 11.2. The number of nitrogens with one attached hydrogen (secondary N) is 1. The van der Waals surface area contributed by atoms with Crippen molar-refractivity contribution in [3.63, 3.8) is 0 Å². The van der Waals surface area contributed by atoms with Gasteiger partial charge in [-0.05, 0) is 6.92 Å². The lowest BCUT2D eigenvalue weighted by Crippen LogP contribution is -2.21. The summed E-state index contributed by atoms with van der Waals surface area (Å²) in [5.74, 6) is 0.130. The van der Waals surface area contributed by atoms with Crippen molar-refractivity contribution in [3.05, 3.63) is 5.01 Å². The molecule has 6 nitrogen and oxygen atoms in total. The summed E-state index contributed by atoms with van der Waals surface area (Å²) in [5.41, 5.74) is 0. The van der Waals surface area contributed by atoms with Crippen LogP contribution in [0.25, 0.3) is 0 Å². The minimum absolute atomic E-state index is 0.117. The van der Waals surface area contributed by atoms with Gasteiger partial charge in [-0.2, -0.15) is 4.99 Å². The van der Waals surface area contributed by atoms with E-state index in [0.29, 0.717) is 10.9 Å². The number of amidine groups is 1. The molecule has 0 spiro atoms. The fraction of sp³-hybridized carbons (Fsp3) is 0.375. The molecule has 2 rings (SSSR count). The first kappa shape index (κ1) is 12.5. The Bertz CT molecular complexity index is 485. The van der Waals surface area contributed by atoms with Crippen LogP contribution in [0.1, 0.15) is 5.01 Å². The topological polar surface area (TPSA) is 84.3 Å². The van der Waals surface area contributed by atoms with Crippen molar-refractivity contribution in [1.82, 2.24) is 15.5 Å². The summed E-state index contributed by atoms with van der Waals surface area (Å²) in [6, 6.07) is 0. The smallest absolute Gasteiger partial charge is 0.258 e. The molecule has 2 heterocycles. The highest BCUT2D eigenvalue weighted by molar-refractivity contribution is 8.15. The molecule has 1 aromatic heterocycles. The Labute approximate surface area is 110 Å². The van der Waals surface area contributed by atoms with E-state index in [2.05, 4.69) is 20.5 Å². The number of nitrogens with zero attached hydrogens (tertiary/aromatic N) is 3. The van der Waals surface area contributed by atoms with Crippen molar-refractivity contribution >= 4 is 51.8 Å². The maximum atomic E-state index is 11.5. The van der Waals surface area contributed by atoms with Crippen LogP contribution in [0.3, 0.4) is 0 Å². The molecule has 0 atom stereocenters. The SMILES string of the molecule is Cc1nnc(SCC(=O)N=C2NC(=O)CS2)s1. The van der Waals surface area contributed by atoms with Crippen molar-refractivity contribution in [2.24, 2.45) is 4.99 Å². The third-order valence-corrected chi connectivity index (χ3v) is 4.47. The molecule has 1 saturated heterocycles. The van der Waals surface area contributed by atoms with Crippen molar-refractivity contribution in [2.75, 3.05) is 11.5 Å². The number of carbonyl (C=O) groups is 2. The highest BCUT2D eigenvalue weighted by Crippen LogP contribution is 2.21. The van der Waals surface area contributed by atoms with Gasteiger partial charge in [-0.3, -0.25) is 9.59 Å². The van der Waals surface area contributed by atoms with E-state index in [-0.39, 0.29) is 17.6 Å². The second kappa shape index (κ2) is 5.61. The Morgan fingerprint density at radius 2 is 2.41 bits per heavy atom. The molecule has 1 N–H and O–H groups in total. The summed E-state index contributed by atoms with van der Waals surface area (Å²) in [5, 5.41) is 11.5. The summed E-state index contributed by atoms with van der Waals surface area (Å²) in [7, 11) is 0. The van der Waals surface area contributed by atoms with E-state index in [1.807, 2.05) is 6.92 Å². The largest absolute Gasteiger partial charge is 0.304 e. The molecular formula is C8H8N4O2S3. The van der Waals surface area contributed by atoms with Gasteiger partial charge in [0.15, 0.2) is 9.51 Å². The maximum absolute atomic E-state index is 11.5. The number of carbonyl (C=O) groups excluding carboxylic acids is 2. The quantitative estimate of drug-likeness (QED) is 0.824. The molecule has 9 heteroatoms. The van der Waals surface area contributed by atoms with Gasteiger partial charge in [-0.1, -0.05) is 34.9 Å². The number of rotatable bonds is 3. The Hall–Kier alpha value is -0.930. The minimum atomic E-state index is -0.285. The van der Waals surface area contributed by atoms with Gasteiger partial charge in [0, 0.05) is 0 Å². The first-order valence-corrected chi connectivity index (χ1v) is 7.39. The van der Waals surface area contributed by atoms with Gasteiger partial charge < -0.3 is 5.32 Å². The van der Waals surface area contributed by atoms with Crippen LogP contribution in [-0.4, -0.2) is 38.7 Å². The normalized spacial score (nSPS) is 17.5. The fourth-order valence-corrected chi connectivity index (χ4v) is 3.28. The van der Waals surface area contributed by atoms with Gasteiger partial charge in [-0.25, -0.2) is 0 Å². The van der Waals surface area contributed by atoms with Crippen LogP contribution in [0.2, 0.25) is 0 Å². The van der Waals surface area contributed by atoms with E-state index in [0.717, 1.165) is 9.35 Å². The van der Waals surface area contributed by atoms with E-state index in [1.54, 1.807) is 0 Å². The molecular weight excluding hydrogens is 280 g/mol. The summed E-state index contributed by atoms with van der Waals surface area (Å²) in [6.07, 6.45) is 0. The van der Waals surface area contributed by atoms with Crippen LogP contribution < -0.4 is 5.32 Å². The number of aliphatic imine (C=N–C) groups is 1. The van der Waals surface area contributed by atoms with Crippen LogP contribution in [0.5, 0.6) is 0 Å². The summed E-state index contributed by atoms with van der Waals surface area (Å²) < 4.78 is 0.749. The van der Waals surface area contributed by atoms with Gasteiger partial charge in [0.1, 0.15) is 5.01 Å². The Morgan fingerprint density at radius 3 is 3.00 bits per heavy atom. The lowest BCUT2D eigenvalue weighted by atomic mass is 10.7. The number of aromatic nitrogens is 2. The lowest BCUT2D eigenvalue weighted by Gasteiger charge is -1.94. The van der Waals surface area contributed by atoms with E-state index in [9.17, 15) is 9.59 Å². The molecule has 1 aliphatic rings. The van der Waals surface area contributed by atoms with Crippen molar-refractivity contribution in [3.8, 4) is 0 Å². The number of thioether (sulfide) groups is 2. The molecule has 90 valence electrons. The standard InChI is InChI=1S/C8H8N4O2S3/c1-4-11-12-8(17-4)16-3-6(14)10-7-9-5(13)2-15-7/h2-3H2,1H3,(H,9,10,13,14). The summed E-state index contributed by atoms with van der Waals surface area (Å²) in [4.78, 5) is 26.1. The average molecular weight is 288 g/mol. The predicted molar refractivity (Wildman–Crippen MR) is 68.4 cm³/mol. The highest BCUT2D eigenvalue weighted by atomic mass is 32.2.